The molecule has 6 N–H and O–H groups in total. The molecule has 1 aliphatic rings. The standard InChI is InChI=1S/C9H13N3O6/c10-5-1-2-11-8(16)12(5)9(17)7(15)6(14)4(3-13)18-9/h1-2,4,6-7,13-15,17H,3,10H2/t4-,6+,7-,9?/m0/s1. The van der Waals surface area contributed by atoms with Gasteiger partial charge in [0, 0.05) is 6.20 Å². The third kappa shape index (κ3) is 1.69. The highest BCUT2D eigenvalue weighted by Crippen LogP contribution is 2.33. The Balaban J connectivity index is 2.53. The van der Waals surface area contributed by atoms with E-state index in [2.05, 4.69) is 4.98 Å². The zero-order valence-corrected chi connectivity index (χ0v) is 9.17. The molecule has 2 heterocycles. The number of hydrogen-bond donors (Lipinski definition) is 5. The summed E-state index contributed by atoms with van der Waals surface area (Å²) in [7, 11) is 0. The molecule has 2 rings (SSSR count). The van der Waals surface area contributed by atoms with Crippen LogP contribution in [0.5, 0.6) is 0 Å². The van der Waals surface area contributed by atoms with Gasteiger partial charge in [0.25, 0.3) is 5.91 Å². The maximum absolute atomic E-state index is 11.6. The van der Waals surface area contributed by atoms with Crippen molar-refractivity contribution < 1.29 is 25.2 Å². The summed E-state index contributed by atoms with van der Waals surface area (Å²) in [5, 5.41) is 38.4. The molecule has 0 aromatic carbocycles. The van der Waals surface area contributed by atoms with Crippen molar-refractivity contribution in [1.82, 2.24) is 9.55 Å². The molecule has 1 aromatic rings. The molecule has 0 saturated carbocycles. The third-order valence-corrected chi connectivity index (χ3v) is 2.79. The van der Waals surface area contributed by atoms with Gasteiger partial charge in [0.15, 0.2) is 6.10 Å². The van der Waals surface area contributed by atoms with Crippen LogP contribution in [0.4, 0.5) is 5.82 Å². The first-order valence-corrected chi connectivity index (χ1v) is 5.13. The molecule has 18 heavy (non-hydrogen) atoms. The van der Waals surface area contributed by atoms with Gasteiger partial charge >= 0.3 is 5.69 Å². The summed E-state index contributed by atoms with van der Waals surface area (Å²) in [5.74, 6) is -2.77. The molecular weight excluding hydrogens is 246 g/mol. The Morgan fingerprint density at radius 2 is 2.22 bits per heavy atom. The Kier molecular flexibility index (Phi) is 3.09. The Morgan fingerprint density at radius 3 is 2.72 bits per heavy atom. The molecule has 0 bridgehead atoms. The number of aliphatic hydroxyl groups is 4. The van der Waals surface area contributed by atoms with Crippen LogP contribution in [0, 0.1) is 0 Å². The van der Waals surface area contributed by atoms with Crippen LogP contribution in [0.25, 0.3) is 0 Å². The first-order valence-electron chi connectivity index (χ1n) is 5.13. The molecule has 1 unspecified atom stereocenters. The molecule has 9 heteroatoms. The predicted octanol–water partition coefficient (Wildman–Crippen LogP) is -3.46. The first-order chi connectivity index (χ1) is 8.41. The lowest BCUT2D eigenvalue weighted by molar-refractivity contribution is -0.289. The molecule has 1 saturated heterocycles. The zero-order valence-electron chi connectivity index (χ0n) is 9.17. The van der Waals surface area contributed by atoms with E-state index in [1.165, 1.54) is 6.07 Å². The molecule has 1 fully saturated rings. The second-order valence-electron chi connectivity index (χ2n) is 3.92. The van der Waals surface area contributed by atoms with E-state index in [-0.39, 0.29) is 5.82 Å². The van der Waals surface area contributed by atoms with Crippen molar-refractivity contribution in [3.8, 4) is 0 Å². The van der Waals surface area contributed by atoms with Crippen LogP contribution in [0.15, 0.2) is 17.1 Å². The van der Waals surface area contributed by atoms with Crippen LogP contribution < -0.4 is 11.4 Å². The normalized spacial score (nSPS) is 35.9. The largest absolute Gasteiger partial charge is 0.394 e. The highest BCUT2D eigenvalue weighted by atomic mass is 16.7. The summed E-state index contributed by atoms with van der Waals surface area (Å²) in [4.78, 5) is 14.9. The Bertz CT molecular complexity index is 505. The van der Waals surface area contributed by atoms with Gasteiger partial charge in [-0.15, -0.1) is 0 Å². The van der Waals surface area contributed by atoms with Gasteiger partial charge in [0.05, 0.1) is 6.61 Å². The van der Waals surface area contributed by atoms with E-state index in [0.29, 0.717) is 4.57 Å². The van der Waals surface area contributed by atoms with Gasteiger partial charge in [-0.25, -0.2) is 14.3 Å². The number of nitrogens with two attached hydrogens (primary N) is 1. The number of aromatic nitrogens is 2. The molecule has 100 valence electrons. The van der Waals surface area contributed by atoms with Gasteiger partial charge in [-0.3, -0.25) is 0 Å². The van der Waals surface area contributed by atoms with E-state index in [1.54, 1.807) is 0 Å². The summed E-state index contributed by atoms with van der Waals surface area (Å²) in [6.45, 7) is -0.643. The third-order valence-electron chi connectivity index (χ3n) is 2.79. The highest BCUT2D eigenvalue weighted by Gasteiger charge is 2.56. The number of nitrogen functional groups attached to an aromatic ring is 1. The first kappa shape index (κ1) is 12.9. The number of hydrogen-bond acceptors (Lipinski definition) is 8. The van der Waals surface area contributed by atoms with Crippen molar-refractivity contribution in [2.45, 2.75) is 24.2 Å². The monoisotopic (exact) mass is 259 g/mol. The number of anilines is 1. The molecule has 0 aliphatic carbocycles. The fourth-order valence-electron chi connectivity index (χ4n) is 1.86. The van der Waals surface area contributed by atoms with E-state index in [1.807, 2.05) is 0 Å². The van der Waals surface area contributed by atoms with Crippen LogP contribution in [0.1, 0.15) is 0 Å². The maximum atomic E-state index is 11.6. The summed E-state index contributed by atoms with van der Waals surface area (Å²) in [6, 6.07) is 1.22. The van der Waals surface area contributed by atoms with Crippen molar-refractivity contribution in [3.05, 3.63) is 22.7 Å². The topological polar surface area (TPSA) is 151 Å². The Labute approximate surface area is 101 Å². The number of aliphatic hydroxyl groups excluding tert-OH is 3. The van der Waals surface area contributed by atoms with E-state index < -0.39 is 36.5 Å². The van der Waals surface area contributed by atoms with Crippen LogP contribution in [-0.4, -0.2) is 54.9 Å². The molecule has 1 aliphatic heterocycles. The van der Waals surface area contributed by atoms with Crippen molar-refractivity contribution in [2.24, 2.45) is 0 Å². The molecule has 1 aromatic heterocycles. The van der Waals surface area contributed by atoms with Gasteiger partial charge < -0.3 is 30.9 Å². The minimum absolute atomic E-state index is 0.206. The second-order valence-corrected chi connectivity index (χ2v) is 3.92. The van der Waals surface area contributed by atoms with E-state index in [4.69, 9.17) is 15.6 Å². The average Bonchev–Trinajstić information content (AvgIpc) is 2.54. The Hall–Kier alpha value is -1.52. The van der Waals surface area contributed by atoms with Crippen molar-refractivity contribution >= 4 is 5.82 Å². The lowest BCUT2D eigenvalue weighted by Gasteiger charge is -2.28. The maximum Gasteiger partial charge on any atom is 0.353 e. The van der Waals surface area contributed by atoms with Gasteiger partial charge in [-0.2, -0.15) is 0 Å². The molecular formula is C9H13N3O6. The zero-order chi connectivity index (χ0) is 13.5. The molecule has 0 amide bonds. The van der Waals surface area contributed by atoms with Crippen LogP contribution in [-0.2, 0) is 10.6 Å². The quantitative estimate of drug-likeness (QED) is 0.367. The summed E-state index contributed by atoms with van der Waals surface area (Å²) in [5.41, 5.74) is 4.55. The van der Waals surface area contributed by atoms with Crippen molar-refractivity contribution in [1.29, 1.82) is 0 Å². The molecule has 0 spiro atoms. The molecule has 9 nitrogen and oxygen atoms in total. The highest BCUT2D eigenvalue weighted by molar-refractivity contribution is 5.27. The van der Waals surface area contributed by atoms with Crippen LogP contribution in [0.2, 0.25) is 0 Å². The van der Waals surface area contributed by atoms with Crippen molar-refractivity contribution in [3.63, 3.8) is 0 Å². The molecule has 4 atom stereocenters. The van der Waals surface area contributed by atoms with Crippen LogP contribution in [0.3, 0.4) is 0 Å². The lowest BCUT2D eigenvalue weighted by Crippen LogP contribution is -2.51. The smallest absolute Gasteiger partial charge is 0.353 e. The van der Waals surface area contributed by atoms with Crippen molar-refractivity contribution in [2.75, 3.05) is 12.3 Å². The van der Waals surface area contributed by atoms with Gasteiger partial charge in [-0.1, -0.05) is 0 Å². The van der Waals surface area contributed by atoms with Gasteiger partial charge in [0.1, 0.15) is 18.0 Å². The average molecular weight is 259 g/mol. The van der Waals surface area contributed by atoms with Crippen LogP contribution >= 0.6 is 0 Å². The fraction of sp³-hybridized carbons (Fsp3) is 0.556. The van der Waals surface area contributed by atoms with E-state index >= 15 is 0 Å². The summed E-state index contributed by atoms with van der Waals surface area (Å²) >= 11 is 0. The van der Waals surface area contributed by atoms with E-state index in [0.717, 1.165) is 6.20 Å². The van der Waals surface area contributed by atoms with E-state index in [9.17, 15) is 20.1 Å². The number of rotatable bonds is 2. The number of ether oxygens (including phenoxy) is 1. The number of nitrogens with zero attached hydrogens (tertiary/aromatic N) is 2. The summed E-state index contributed by atoms with van der Waals surface area (Å²) in [6.07, 6.45) is -3.53. The Morgan fingerprint density at radius 1 is 1.56 bits per heavy atom. The second kappa shape index (κ2) is 4.30. The molecule has 0 radical (unpaired) electrons. The van der Waals surface area contributed by atoms with Gasteiger partial charge in [0.2, 0.25) is 0 Å². The summed E-state index contributed by atoms with van der Waals surface area (Å²) < 4.78 is 5.43. The SMILES string of the molecule is Nc1ccnc(=O)n1C1(O)O[C@@H](CO)[C@@H](O)[C@@H]1O. The minimum Gasteiger partial charge on any atom is -0.394 e. The predicted molar refractivity (Wildman–Crippen MR) is 57.1 cm³/mol. The fourth-order valence-corrected chi connectivity index (χ4v) is 1.86. The lowest BCUT2D eigenvalue weighted by atomic mass is 10.1. The van der Waals surface area contributed by atoms with Gasteiger partial charge in [-0.05, 0) is 6.07 Å². The minimum atomic E-state index is -2.57.